The van der Waals surface area contributed by atoms with Gasteiger partial charge in [-0.25, -0.2) is 4.79 Å². The van der Waals surface area contributed by atoms with Crippen LogP contribution in [0.3, 0.4) is 0 Å². The second kappa shape index (κ2) is 8.88. The van der Waals surface area contributed by atoms with Crippen LogP contribution in [0.5, 0.6) is 0 Å². The Labute approximate surface area is 177 Å². The summed E-state index contributed by atoms with van der Waals surface area (Å²) in [5, 5.41) is 10.9. The zero-order valence-electron chi connectivity index (χ0n) is 17.0. The highest BCUT2D eigenvalue weighted by Crippen LogP contribution is 2.20. The second-order valence-electron chi connectivity index (χ2n) is 7.74. The van der Waals surface area contributed by atoms with Crippen molar-refractivity contribution in [2.24, 2.45) is 0 Å². The summed E-state index contributed by atoms with van der Waals surface area (Å²) in [6, 6.07) is 4.01. The first kappa shape index (κ1) is 21.0. The average molecular weight is 432 g/mol. The predicted molar refractivity (Wildman–Crippen MR) is 108 cm³/mol. The van der Waals surface area contributed by atoms with E-state index in [-0.39, 0.29) is 42.2 Å². The molecule has 2 aliphatic rings. The van der Waals surface area contributed by atoms with Gasteiger partial charge in [-0.2, -0.15) is 0 Å². The second-order valence-corrected chi connectivity index (χ2v) is 7.74. The molecule has 0 spiro atoms. The van der Waals surface area contributed by atoms with E-state index in [9.17, 15) is 24.5 Å². The van der Waals surface area contributed by atoms with Gasteiger partial charge in [-0.1, -0.05) is 0 Å². The van der Waals surface area contributed by atoms with Gasteiger partial charge in [0.2, 0.25) is 5.91 Å². The van der Waals surface area contributed by atoms with E-state index >= 15 is 0 Å². The van der Waals surface area contributed by atoms with Crippen LogP contribution in [0.2, 0.25) is 0 Å². The number of hydrogen-bond donors (Lipinski definition) is 0. The van der Waals surface area contributed by atoms with Gasteiger partial charge in [-0.3, -0.25) is 24.3 Å². The molecule has 3 heterocycles. The molecule has 2 aromatic rings. The Bertz CT molecular complexity index is 1050. The first-order chi connectivity index (χ1) is 14.9. The summed E-state index contributed by atoms with van der Waals surface area (Å²) in [6.07, 6.45) is 2.01. The zero-order chi connectivity index (χ0) is 22.0. The monoisotopic (exact) mass is 432 g/mol. The molecule has 2 aliphatic heterocycles. The molecule has 166 valence electrons. The van der Waals surface area contributed by atoms with Crippen molar-refractivity contribution < 1.29 is 23.7 Å². The number of non-ortho nitro benzene ring substituents is 1. The number of fused-ring (bicyclic) bond motifs is 1. The number of oxazole rings is 1. The maximum absolute atomic E-state index is 12.5. The van der Waals surface area contributed by atoms with Gasteiger partial charge in [0, 0.05) is 51.8 Å². The summed E-state index contributed by atoms with van der Waals surface area (Å²) in [6.45, 7) is 2.85. The van der Waals surface area contributed by atoms with Crippen LogP contribution in [-0.2, 0) is 20.9 Å². The summed E-state index contributed by atoms with van der Waals surface area (Å²) < 4.78 is 11.9. The van der Waals surface area contributed by atoms with Crippen molar-refractivity contribution in [1.82, 2.24) is 14.4 Å². The van der Waals surface area contributed by atoms with Gasteiger partial charge in [0.1, 0.15) is 6.10 Å². The molecule has 2 saturated heterocycles. The van der Waals surface area contributed by atoms with Crippen molar-refractivity contribution in [1.29, 1.82) is 0 Å². The fourth-order valence-electron chi connectivity index (χ4n) is 4.08. The number of carbonyl (C=O) groups excluding carboxylic acids is 2. The van der Waals surface area contributed by atoms with Crippen LogP contribution in [0.15, 0.2) is 27.4 Å². The van der Waals surface area contributed by atoms with Crippen LogP contribution in [0.1, 0.15) is 25.7 Å². The maximum Gasteiger partial charge on any atom is 0.419 e. The summed E-state index contributed by atoms with van der Waals surface area (Å²) in [4.78, 5) is 50.8. The number of aryl methyl sites for hydroxylation is 1. The van der Waals surface area contributed by atoms with Gasteiger partial charge in [0.25, 0.3) is 11.6 Å². The van der Waals surface area contributed by atoms with Gasteiger partial charge in [0.15, 0.2) is 5.58 Å². The van der Waals surface area contributed by atoms with E-state index in [1.165, 1.54) is 22.8 Å². The largest absolute Gasteiger partial charge is 0.419 e. The Kier molecular flexibility index (Phi) is 6.03. The van der Waals surface area contributed by atoms with Gasteiger partial charge in [-0.05, 0) is 25.3 Å². The lowest BCUT2D eigenvalue weighted by molar-refractivity contribution is -0.384. The van der Waals surface area contributed by atoms with E-state index in [2.05, 4.69) is 0 Å². The van der Waals surface area contributed by atoms with Gasteiger partial charge < -0.3 is 19.0 Å². The van der Waals surface area contributed by atoms with Crippen LogP contribution < -0.4 is 5.76 Å². The SMILES string of the molecule is O=C(CCCn1c(=O)oc2cc([N+](=O)[O-])ccc21)N1CCN(C(=O)C2CCCO2)CC1. The molecule has 1 unspecified atom stereocenters. The fourth-order valence-corrected chi connectivity index (χ4v) is 4.08. The quantitative estimate of drug-likeness (QED) is 0.494. The normalized spacial score (nSPS) is 19.2. The smallest absolute Gasteiger partial charge is 0.407 e. The van der Waals surface area contributed by atoms with Crippen LogP contribution >= 0.6 is 0 Å². The summed E-state index contributed by atoms with van der Waals surface area (Å²) >= 11 is 0. The number of nitro groups is 1. The van der Waals surface area contributed by atoms with Crippen molar-refractivity contribution in [2.75, 3.05) is 32.8 Å². The van der Waals surface area contributed by atoms with Gasteiger partial charge in [-0.15, -0.1) is 0 Å². The Balaban J connectivity index is 1.28. The molecule has 2 fully saturated rings. The molecule has 1 atom stereocenters. The summed E-state index contributed by atoms with van der Waals surface area (Å²) in [5.74, 6) is -0.624. The number of nitrogens with zero attached hydrogens (tertiary/aromatic N) is 4. The fraction of sp³-hybridized carbons (Fsp3) is 0.550. The van der Waals surface area contributed by atoms with Crippen molar-refractivity contribution >= 4 is 28.6 Å². The molecule has 0 saturated carbocycles. The molecule has 11 nitrogen and oxygen atoms in total. The minimum Gasteiger partial charge on any atom is -0.407 e. The van der Waals surface area contributed by atoms with Crippen LogP contribution in [0.25, 0.3) is 11.1 Å². The highest BCUT2D eigenvalue weighted by molar-refractivity contribution is 5.82. The molecule has 4 rings (SSSR count). The lowest BCUT2D eigenvalue weighted by Gasteiger charge is -2.35. The molecule has 1 aromatic heterocycles. The van der Waals surface area contributed by atoms with Crippen LogP contribution in [0.4, 0.5) is 5.69 Å². The first-order valence-corrected chi connectivity index (χ1v) is 10.4. The van der Waals surface area contributed by atoms with E-state index in [1.54, 1.807) is 9.80 Å². The molecule has 31 heavy (non-hydrogen) atoms. The van der Waals surface area contributed by atoms with Gasteiger partial charge in [0.05, 0.1) is 16.5 Å². The van der Waals surface area contributed by atoms with Crippen molar-refractivity contribution in [3.63, 3.8) is 0 Å². The van der Waals surface area contributed by atoms with E-state index in [1.807, 2.05) is 0 Å². The molecule has 0 N–H and O–H groups in total. The van der Waals surface area contributed by atoms with E-state index in [4.69, 9.17) is 9.15 Å². The Hall–Kier alpha value is -3.21. The minimum atomic E-state index is -0.607. The number of amides is 2. The number of hydrogen-bond acceptors (Lipinski definition) is 7. The predicted octanol–water partition coefficient (Wildman–Crippen LogP) is 1.13. The molecule has 1 aromatic carbocycles. The number of ether oxygens (including phenoxy) is 1. The Morgan fingerprint density at radius 1 is 1.16 bits per heavy atom. The summed E-state index contributed by atoms with van der Waals surface area (Å²) in [5.41, 5.74) is 0.461. The molecular formula is C20H24N4O7. The number of benzene rings is 1. The maximum atomic E-state index is 12.5. The van der Waals surface area contributed by atoms with Crippen molar-refractivity contribution in [2.45, 2.75) is 38.3 Å². The number of carbonyl (C=O) groups is 2. The lowest BCUT2D eigenvalue weighted by atomic mass is 10.2. The van der Waals surface area contributed by atoms with Gasteiger partial charge >= 0.3 is 5.76 Å². The highest BCUT2D eigenvalue weighted by atomic mass is 16.6. The molecule has 2 amide bonds. The van der Waals surface area contributed by atoms with E-state index in [0.29, 0.717) is 44.7 Å². The first-order valence-electron chi connectivity index (χ1n) is 10.4. The third-order valence-corrected chi connectivity index (χ3v) is 5.78. The van der Waals surface area contributed by atoms with E-state index in [0.717, 1.165) is 12.8 Å². The average Bonchev–Trinajstić information content (AvgIpc) is 3.41. The van der Waals surface area contributed by atoms with Crippen molar-refractivity contribution in [3.05, 3.63) is 38.9 Å². The molecule has 11 heteroatoms. The lowest BCUT2D eigenvalue weighted by Crippen LogP contribution is -2.52. The van der Waals surface area contributed by atoms with Crippen LogP contribution in [0, 0.1) is 10.1 Å². The third kappa shape index (κ3) is 4.46. The molecule has 0 bridgehead atoms. The van der Waals surface area contributed by atoms with Crippen LogP contribution in [-0.4, -0.2) is 70.0 Å². The third-order valence-electron chi connectivity index (χ3n) is 5.78. The summed E-state index contributed by atoms with van der Waals surface area (Å²) in [7, 11) is 0. The minimum absolute atomic E-state index is 0.0102. The highest BCUT2D eigenvalue weighted by Gasteiger charge is 2.31. The Morgan fingerprint density at radius 3 is 2.58 bits per heavy atom. The van der Waals surface area contributed by atoms with Crippen molar-refractivity contribution in [3.8, 4) is 0 Å². The number of aromatic nitrogens is 1. The number of piperazine rings is 1. The zero-order valence-corrected chi connectivity index (χ0v) is 17.0. The Morgan fingerprint density at radius 2 is 1.90 bits per heavy atom. The molecular weight excluding hydrogens is 408 g/mol. The topological polar surface area (TPSA) is 128 Å². The molecule has 0 radical (unpaired) electrons. The number of rotatable bonds is 6. The molecule has 0 aliphatic carbocycles. The number of nitro benzene ring substituents is 1. The standard InChI is InChI=1S/C20H24N4O7/c25-18(21-8-10-22(11-9-21)19(26)16-3-2-12-30-16)4-1-7-23-15-6-5-14(24(28)29)13-17(15)31-20(23)27/h5-6,13,16H,1-4,7-12H2. The van der Waals surface area contributed by atoms with E-state index < -0.39 is 10.7 Å².